The molecular formula is C42H37N5O7S. The zero-order valence-corrected chi connectivity index (χ0v) is 31.0. The zero-order valence-electron chi connectivity index (χ0n) is 30.1. The van der Waals surface area contributed by atoms with Crippen molar-refractivity contribution in [1.82, 2.24) is 10.6 Å². The highest BCUT2D eigenvalue weighted by molar-refractivity contribution is 8.00. The van der Waals surface area contributed by atoms with E-state index in [0.717, 1.165) is 10.5 Å². The summed E-state index contributed by atoms with van der Waals surface area (Å²) in [6, 6.07) is 37.1. The number of hydrazone groups is 1. The molecular weight excluding hydrogens is 719 g/mol. The molecule has 13 heteroatoms. The van der Waals surface area contributed by atoms with Crippen LogP contribution in [0.5, 0.6) is 17.2 Å². The number of methoxy groups -OCH3 is 3. The second-order valence-corrected chi connectivity index (χ2v) is 13.2. The second kappa shape index (κ2) is 17.8. The van der Waals surface area contributed by atoms with Crippen molar-refractivity contribution in [3.63, 3.8) is 0 Å². The average molecular weight is 756 g/mol. The minimum Gasteiger partial charge on any atom is -0.493 e. The van der Waals surface area contributed by atoms with Gasteiger partial charge in [-0.3, -0.25) is 19.2 Å². The fraction of sp³-hybridized carbons (Fsp3) is 0.119. The minimum atomic E-state index is -0.688. The fourth-order valence-electron chi connectivity index (χ4n) is 5.62. The predicted molar refractivity (Wildman–Crippen MR) is 212 cm³/mol. The summed E-state index contributed by atoms with van der Waals surface area (Å²) in [5.74, 6) is -0.275. The van der Waals surface area contributed by atoms with Crippen LogP contribution in [0.4, 0.5) is 11.4 Å². The molecule has 278 valence electrons. The number of carbonyl (C=O) groups is 4. The summed E-state index contributed by atoms with van der Waals surface area (Å²) in [6.07, 6.45) is 1.47. The molecule has 0 fully saturated rings. The Kier molecular flexibility index (Phi) is 12.2. The largest absolute Gasteiger partial charge is 0.493 e. The molecule has 1 aliphatic heterocycles. The third-order valence-electron chi connectivity index (χ3n) is 8.28. The van der Waals surface area contributed by atoms with Gasteiger partial charge in [0.2, 0.25) is 11.7 Å². The molecule has 12 nitrogen and oxygen atoms in total. The monoisotopic (exact) mass is 755 g/mol. The Morgan fingerprint density at radius 2 is 1.36 bits per heavy atom. The Bertz CT molecular complexity index is 2210. The van der Waals surface area contributed by atoms with Crippen LogP contribution in [0.2, 0.25) is 0 Å². The quantitative estimate of drug-likeness (QED) is 0.0877. The third kappa shape index (κ3) is 9.39. The number of hydrogen-bond acceptors (Lipinski definition) is 9. The van der Waals surface area contributed by atoms with Gasteiger partial charge >= 0.3 is 0 Å². The summed E-state index contributed by atoms with van der Waals surface area (Å²) in [6.45, 7) is 0. The summed E-state index contributed by atoms with van der Waals surface area (Å²) in [7, 11) is 4.46. The number of benzene rings is 5. The molecule has 0 aliphatic carbocycles. The number of para-hydroxylation sites is 1. The van der Waals surface area contributed by atoms with Gasteiger partial charge in [-0.05, 0) is 77.9 Å². The van der Waals surface area contributed by atoms with Crippen LogP contribution in [0, 0.1) is 0 Å². The Morgan fingerprint density at radius 3 is 1.96 bits per heavy atom. The van der Waals surface area contributed by atoms with Crippen molar-refractivity contribution >= 4 is 58.7 Å². The Labute approximate surface area is 322 Å². The van der Waals surface area contributed by atoms with E-state index in [-0.39, 0.29) is 29.8 Å². The number of hydrogen-bond donors (Lipinski definition) is 3. The van der Waals surface area contributed by atoms with E-state index >= 15 is 0 Å². The van der Waals surface area contributed by atoms with Crippen LogP contribution in [0.3, 0.4) is 0 Å². The summed E-state index contributed by atoms with van der Waals surface area (Å²) in [5.41, 5.74) is 2.64. The Balaban J connectivity index is 1.21. The number of rotatable bonds is 13. The normalized spacial score (nSPS) is 13.0. The van der Waals surface area contributed by atoms with Crippen LogP contribution in [0.15, 0.2) is 143 Å². The van der Waals surface area contributed by atoms with Crippen LogP contribution < -0.4 is 35.2 Å². The van der Waals surface area contributed by atoms with Crippen LogP contribution >= 0.6 is 11.8 Å². The molecule has 5 aromatic rings. The smallest absolute Gasteiger partial charge is 0.272 e. The highest BCUT2D eigenvalue weighted by atomic mass is 32.2. The molecule has 4 amide bonds. The van der Waals surface area contributed by atoms with Crippen molar-refractivity contribution < 1.29 is 33.4 Å². The molecule has 0 spiro atoms. The first-order chi connectivity index (χ1) is 26.8. The standard InChI is InChI=1S/C42H37N5O7S/c1-52-34-24-27(25-35(53-2)38(34)54-3)23-33(44-40(49)29-15-9-5-10-16-29)41(50)43-30-19-21-32(22-20-30)55-39(28-13-7-4-8-14-28)42(51)45-36-26-37(48)47(46-36)31-17-11-6-12-18-31/h4-25,39H,26H2,1-3H3,(H,43,50)(H,44,49)(H,45,46,51)/b33-23-. The highest BCUT2D eigenvalue weighted by Gasteiger charge is 2.29. The summed E-state index contributed by atoms with van der Waals surface area (Å²) in [5, 5.41) is 13.4. The molecule has 1 heterocycles. The molecule has 1 unspecified atom stereocenters. The summed E-state index contributed by atoms with van der Waals surface area (Å²) in [4.78, 5) is 54.2. The van der Waals surface area contributed by atoms with Gasteiger partial charge in [-0.2, -0.15) is 10.1 Å². The lowest BCUT2D eigenvalue weighted by atomic mass is 10.1. The molecule has 6 rings (SSSR count). The molecule has 3 N–H and O–H groups in total. The lowest BCUT2D eigenvalue weighted by molar-refractivity contribution is -0.119. The number of amides is 4. The van der Waals surface area contributed by atoms with Crippen LogP contribution in [-0.4, -0.2) is 50.8 Å². The number of ether oxygens (including phenoxy) is 3. The maximum Gasteiger partial charge on any atom is 0.272 e. The van der Waals surface area contributed by atoms with Crippen molar-refractivity contribution in [3.05, 3.63) is 150 Å². The van der Waals surface area contributed by atoms with E-state index in [9.17, 15) is 19.2 Å². The van der Waals surface area contributed by atoms with E-state index in [4.69, 9.17) is 14.2 Å². The maximum absolute atomic E-state index is 13.8. The number of thioether (sulfide) groups is 1. The van der Waals surface area contributed by atoms with E-state index < -0.39 is 17.1 Å². The molecule has 5 aromatic carbocycles. The molecule has 0 bridgehead atoms. The summed E-state index contributed by atoms with van der Waals surface area (Å²) < 4.78 is 16.4. The van der Waals surface area contributed by atoms with Gasteiger partial charge in [0.25, 0.3) is 17.7 Å². The van der Waals surface area contributed by atoms with Gasteiger partial charge in [-0.15, -0.1) is 11.8 Å². The molecule has 55 heavy (non-hydrogen) atoms. The van der Waals surface area contributed by atoms with Gasteiger partial charge in [0, 0.05) is 16.1 Å². The van der Waals surface area contributed by atoms with Crippen LogP contribution in [0.25, 0.3) is 6.08 Å². The van der Waals surface area contributed by atoms with Gasteiger partial charge in [0.05, 0.1) is 33.4 Å². The van der Waals surface area contributed by atoms with Crippen LogP contribution in [0.1, 0.15) is 33.2 Å². The molecule has 0 saturated carbocycles. The van der Waals surface area contributed by atoms with Gasteiger partial charge in [-0.1, -0.05) is 66.7 Å². The first kappa shape index (κ1) is 37.9. The first-order valence-corrected chi connectivity index (χ1v) is 17.9. The van der Waals surface area contributed by atoms with Crippen molar-refractivity contribution in [1.29, 1.82) is 0 Å². The lowest BCUT2D eigenvalue weighted by Gasteiger charge is -2.17. The molecule has 0 radical (unpaired) electrons. The van der Waals surface area contributed by atoms with Crippen molar-refractivity contribution in [2.75, 3.05) is 31.7 Å². The lowest BCUT2D eigenvalue weighted by Crippen LogP contribution is -2.33. The average Bonchev–Trinajstić information content (AvgIpc) is 3.59. The SMILES string of the molecule is COc1cc(/C=C(\NC(=O)c2ccccc2)C(=O)Nc2ccc(SC(C(=O)NC3=NN(c4ccccc4)C(=O)C3)c3ccccc3)cc2)cc(OC)c1OC. The number of nitrogens with one attached hydrogen (secondary N) is 3. The number of nitrogens with zero attached hydrogens (tertiary/aromatic N) is 2. The van der Waals surface area contributed by atoms with Crippen molar-refractivity contribution in [2.45, 2.75) is 16.6 Å². The van der Waals surface area contributed by atoms with E-state index in [0.29, 0.717) is 39.8 Å². The Hall–Kier alpha value is -6.86. The second-order valence-electron chi connectivity index (χ2n) is 12.0. The van der Waals surface area contributed by atoms with E-state index in [2.05, 4.69) is 21.1 Å². The first-order valence-electron chi connectivity index (χ1n) is 17.0. The summed E-state index contributed by atoms with van der Waals surface area (Å²) >= 11 is 1.30. The number of amidine groups is 1. The van der Waals surface area contributed by atoms with Crippen molar-refractivity contribution in [3.8, 4) is 17.2 Å². The van der Waals surface area contributed by atoms with Crippen molar-refractivity contribution in [2.24, 2.45) is 5.10 Å². The predicted octanol–water partition coefficient (Wildman–Crippen LogP) is 6.82. The van der Waals surface area contributed by atoms with Gasteiger partial charge in [-0.25, -0.2) is 0 Å². The maximum atomic E-state index is 13.8. The molecule has 1 aliphatic rings. The van der Waals surface area contributed by atoms with E-state index in [1.807, 2.05) is 48.5 Å². The Morgan fingerprint density at radius 1 is 0.764 bits per heavy atom. The highest BCUT2D eigenvalue weighted by Crippen LogP contribution is 2.39. The minimum absolute atomic E-state index is 0.0387. The number of carbonyl (C=O) groups excluding carboxylic acids is 4. The topological polar surface area (TPSA) is 148 Å². The van der Waals surface area contributed by atoms with Crippen LogP contribution in [-0.2, 0) is 14.4 Å². The van der Waals surface area contributed by atoms with Gasteiger partial charge in [0.15, 0.2) is 11.5 Å². The zero-order chi connectivity index (χ0) is 38.7. The van der Waals surface area contributed by atoms with E-state index in [1.165, 1.54) is 44.2 Å². The molecule has 0 aromatic heterocycles. The van der Waals surface area contributed by atoms with E-state index in [1.54, 1.807) is 78.9 Å². The molecule has 1 atom stereocenters. The van der Waals surface area contributed by atoms with Gasteiger partial charge < -0.3 is 30.2 Å². The fourth-order valence-corrected chi connectivity index (χ4v) is 6.65. The van der Waals surface area contributed by atoms with Gasteiger partial charge in [0.1, 0.15) is 16.8 Å². The third-order valence-corrected chi connectivity index (χ3v) is 9.54. The number of anilines is 2. The molecule has 0 saturated heterocycles.